The molecular weight excluding hydrogens is 333 g/mol. The van der Waals surface area contributed by atoms with Gasteiger partial charge in [0.15, 0.2) is 5.75 Å². The van der Waals surface area contributed by atoms with Crippen molar-refractivity contribution in [1.29, 1.82) is 0 Å². The van der Waals surface area contributed by atoms with E-state index in [2.05, 4.69) is 0 Å². The predicted octanol–water partition coefficient (Wildman–Crippen LogP) is 1.79. The van der Waals surface area contributed by atoms with Crippen LogP contribution in [0.15, 0.2) is 4.79 Å². The first-order valence-electron chi connectivity index (χ1n) is 5.61. The molecular formula is C12H14INO3. The van der Waals surface area contributed by atoms with Crippen LogP contribution >= 0.6 is 22.6 Å². The number of esters is 1. The van der Waals surface area contributed by atoms with Crippen LogP contribution in [-0.2, 0) is 24.7 Å². The SMILES string of the molecule is CC(=O)Oc1c2c(n(C)c(=O)c1I)CCCC2. The molecule has 0 radical (unpaired) electrons. The van der Waals surface area contributed by atoms with Gasteiger partial charge in [-0.1, -0.05) is 0 Å². The van der Waals surface area contributed by atoms with E-state index in [-0.39, 0.29) is 11.5 Å². The second-order valence-electron chi connectivity index (χ2n) is 4.23. The van der Waals surface area contributed by atoms with Crippen molar-refractivity contribution in [3.05, 3.63) is 25.2 Å². The molecule has 1 aliphatic carbocycles. The Morgan fingerprint density at radius 2 is 2.00 bits per heavy atom. The van der Waals surface area contributed by atoms with Crippen molar-refractivity contribution in [2.24, 2.45) is 7.05 Å². The monoisotopic (exact) mass is 347 g/mol. The van der Waals surface area contributed by atoms with E-state index < -0.39 is 0 Å². The minimum atomic E-state index is -0.371. The molecule has 0 fully saturated rings. The Hall–Kier alpha value is -0.850. The number of ether oxygens (including phenoxy) is 1. The lowest BCUT2D eigenvalue weighted by atomic mass is 9.95. The van der Waals surface area contributed by atoms with Crippen LogP contribution in [0.2, 0.25) is 0 Å². The Bertz CT molecular complexity index is 534. The van der Waals surface area contributed by atoms with Gasteiger partial charge >= 0.3 is 5.97 Å². The highest BCUT2D eigenvalue weighted by atomic mass is 127. The van der Waals surface area contributed by atoms with Crippen molar-refractivity contribution in [2.75, 3.05) is 0 Å². The summed E-state index contributed by atoms with van der Waals surface area (Å²) < 4.78 is 7.40. The van der Waals surface area contributed by atoms with Gasteiger partial charge in [0.1, 0.15) is 3.57 Å². The Morgan fingerprint density at radius 1 is 1.35 bits per heavy atom. The molecule has 0 bridgehead atoms. The number of pyridine rings is 1. The Balaban J connectivity index is 2.68. The van der Waals surface area contributed by atoms with E-state index >= 15 is 0 Å². The largest absolute Gasteiger partial charge is 0.425 e. The quantitative estimate of drug-likeness (QED) is 0.575. The van der Waals surface area contributed by atoms with Gasteiger partial charge in [-0.05, 0) is 48.3 Å². The van der Waals surface area contributed by atoms with Gasteiger partial charge in [-0.3, -0.25) is 9.59 Å². The lowest BCUT2D eigenvalue weighted by molar-refractivity contribution is -0.132. The van der Waals surface area contributed by atoms with Crippen molar-refractivity contribution < 1.29 is 9.53 Å². The van der Waals surface area contributed by atoms with Crippen molar-refractivity contribution >= 4 is 28.6 Å². The average molecular weight is 347 g/mol. The minimum absolute atomic E-state index is 0.0810. The highest BCUT2D eigenvalue weighted by Gasteiger charge is 2.23. The molecule has 1 aliphatic rings. The van der Waals surface area contributed by atoms with Crippen molar-refractivity contribution in [3.63, 3.8) is 0 Å². The molecule has 0 saturated heterocycles. The molecule has 1 heterocycles. The van der Waals surface area contributed by atoms with Crippen molar-refractivity contribution in [1.82, 2.24) is 4.57 Å². The van der Waals surface area contributed by atoms with Crippen LogP contribution in [0, 0.1) is 3.57 Å². The van der Waals surface area contributed by atoms with Crippen LogP contribution in [0.5, 0.6) is 5.75 Å². The van der Waals surface area contributed by atoms with Gasteiger partial charge in [-0.15, -0.1) is 0 Å². The zero-order chi connectivity index (χ0) is 12.6. The fraction of sp³-hybridized carbons (Fsp3) is 0.500. The zero-order valence-corrected chi connectivity index (χ0v) is 12.0. The summed E-state index contributed by atoms with van der Waals surface area (Å²) in [5.74, 6) is 0.111. The number of hydrogen-bond acceptors (Lipinski definition) is 3. The maximum absolute atomic E-state index is 12.0. The summed E-state index contributed by atoms with van der Waals surface area (Å²) in [6.07, 6.45) is 3.92. The third-order valence-corrected chi connectivity index (χ3v) is 4.01. The second-order valence-corrected chi connectivity index (χ2v) is 5.31. The molecule has 0 spiro atoms. The molecule has 0 amide bonds. The molecule has 92 valence electrons. The molecule has 0 aliphatic heterocycles. The second kappa shape index (κ2) is 4.80. The van der Waals surface area contributed by atoms with Crippen molar-refractivity contribution in [2.45, 2.75) is 32.6 Å². The van der Waals surface area contributed by atoms with Crippen LogP contribution in [0.1, 0.15) is 31.0 Å². The maximum atomic E-state index is 12.0. The number of carbonyl (C=O) groups excluding carboxylic acids is 1. The smallest absolute Gasteiger partial charge is 0.308 e. The van der Waals surface area contributed by atoms with Gasteiger partial charge in [0.05, 0.1) is 0 Å². The van der Waals surface area contributed by atoms with Crippen LogP contribution in [0.3, 0.4) is 0 Å². The zero-order valence-electron chi connectivity index (χ0n) is 9.88. The third kappa shape index (κ3) is 2.25. The summed E-state index contributed by atoms with van der Waals surface area (Å²) in [4.78, 5) is 23.1. The topological polar surface area (TPSA) is 48.3 Å². The Morgan fingerprint density at radius 3 is 2.65 bits per heavy atom. The van der Waals surface area contributed by atoms with E-state index in [0.29, 0.717) is 9.32 Å². The van der Waals surface area contributed by atoms with Crippen LogP contribution in [-0.4, -0.2) is 10.5 Å². The summed E-state index contributed by atoms with van der Waals surface area (Å²) in [7, 11) is 1.78. The van der Waals surface area contributed by atoms with E-state index in [1.807, 2.05) is 22.6 Å². The molecule has 1 aromatic rings. The van der Waals surface area contributed by atoms with Crippen molar-refractivity contribution in [3.8, 4) is 5.75 Å². The number of carbonyl (C=O) groups is 1. The normalized spacial score (nSPS) is 14.3. The fourth-order valence-electron chi connectivity index (χ4n) is 2.25. The summed E-state index contributed by atoms with van der Waals surface area (Å²) in [6, 6.07) is 0. The minimum Gasteiger partial charge on any atom is -0.425 e. The first kappa shape index (κ1) is 12.6. The number of rotatable bonds is 1. The Labute approximate surface area is 113 Å². The van der Waals surface area contributed by atoms with Gasteiger partial charge < -0.3 is 9.30 Å². The van der Waals surface area contributed by atoms with E-state index in [9.17, 15) is 9.59 Å². The molecule has 0 aromatic carbocycles. The van der Waals surface area contributed by atoms with Gasteiger partial charge in [0.25, 0.3) is 5.56 Å². The fourth-order valence-corrected chi connectivity index (χ4v) is 3.05. The summed E-state index contributed by atoms with van der Waals surface area (Å²) in [5.41, 5.74) is 1.96. The lowest BCUT2D eigenvalue weighted by Gasteiger charge is -2.22. The van der Waals surface area contributed by atoms with E-state index in [1.165, 1.54) is 6.92 Å². The van der Waals surface area contributed by atoms with E-state index in [1.54, 1.807) is 11.6 Å². The van der Waals surface area contributed by atoms with Crippen LogP contribution in [0.4, 0.5) is 0 Å². The molecule has 0 unspecified atom stereocenters. The molecule has 1 aromatic heterocycles. The number of nitrogens with zero attached hydrogens (tertiary/aromatic N) is 1. The van der Waals surface area contributed by atoms with Crippen LogP contribution < -0.4 is 10.3 Å². The van der Waals surface area contributed by atoms with Gasteiger partial charge in [-0.25, -0.2) is 0 Å². The molecule has 5 heteroatoms. The molecule has 2 rings (SSSR count). The average Bonchev–Trinajstić information content (AvgIpc) is 2.31. The van der Waals surface area contributed by atoms with Gasteiger partial charge in [0.2, 0.25) is 0 Å². The molecule has 4 nitrogen and oxygen atoms in total. The van der Waals surface area contributed by atoms with Crippen LogP contribution in [0.25, 0.3) is 0 Å². The first-order valence-corrected chi connectivity index (χ1v) is 6.69. The van der Waals surface area contributed by atoms with Gasteiger partial charge in [-0.2, -0.15) is 0 Å². The number of hydrogen-bond donors (Lipinski definition) is 0. The molecule has 0 saturated carbocycles. The summed E-state index contributed by atoms with van der Waals surface area (Å²) >= 11 is 1.96. The number of fused-ring (bicyclic) bond motifs is 1. The molecule has 17 heavy (non-hydrogen) atoms. The number of halogens is 1. The summed E-state index contributed by atoms with van der Waals surface area (Å²) in [6.45, 7) is 1.36. The maximum Gasteiger partial charge on any atom is 0.308 e. The Kier molecular flexibility index (Phi) is 3.56. The predicted molar refractivity (Wildman–Crippen MR) is 72.4 cm³/mol. The van der Waals surface area contributed by atoms with Gasteiger partial charge in [0, 0.05) is 25.2 Å². The standard InChI is InChI=1S/C12H14INO3/c1-7(15)17-11-8-5-3-4-6-9(8)14(2)12(16)10(11)13/h3-6H2,1-2H3. The van der Waals surface area contributed by atoms with E-state index in [4.69, 9.17) is 4.74 Å². The molecule has 0 N–H and O–H groups in total. The first-order chi connectivity index (χ1) is 8.02. The number of aromatic nitrogens is 1. The molecule has 0 atom stereocenters. The highest BCUT2D eigenvalue weighted by Crippen LogP contribution is 2.31. The highest BCUT2D eigenvalue weighted by molar-refractivity contribution is 14.1. The van der Waals surface area contributed by atoms with E-state index in [0.717, 1.165) is 36.9 Å². The third-order valence-electron chi connectivity index (χ3n) is 3.06. The lowest BCUT2D eigenvalue weighted by Crippen LogP contribution is -2.28. The summed E-state index contributed by atoms with van der Waals surface area (Å²) in [5, 5.41) is 0.